The van der Waals surface area contributed by atoms with Gasteiger partial charge in [0.25, 0.3) is 5.91 Å². The van der Waals surface area contributed by atoms with E-state index in [4.69, 9.17) is 9.47 Å². The quantitative estimate of drug-likeness (QED) is 0.497. The van der Waals surface area contributed by atoms with Crippen LogP contribution in [0.5, 0.6) is 11.5 Å². The van der Waals surface area contributed by atoms with Gasteiger partial charge in [-0.1, -0.05) is 36.4 Å². The summed E-state index contributed by atoms with van der Waals surface area (Å²) in [6.07, 6.45) is 2.68. The fraction of sp³-hybridized carbons (Fsp3) is 0.231. The first-order chi connectivity index (χ1) is 15.7. The van der Waals surface area contributed by atoms with Crippen molar-refractivity contribution in [3.8, 4) is 11.5 Å². The molecule has 2 heterocycles. The summed E-state index contributed by atoms with van der Waals surface area (Å²) in [6.45, 7) is 3.98. The average molecular weight is 428 g/mol. The molecule has 0 aromatic heterocycles. The van der Waals surface area contributed by atoms with Crippen molar-refractivity contribution in [1.82, 2.24) is 10.3 Å². The lowest BCUT2D eigenvalue weighted by Crippen LogP contribution is -2.30. The van der Waals surface area contributed by atoms with Crippen molar-refractivity contribution >= 4 is 12.1 Å². The lowest BCUT2D eigenvalue weighted by atomic mass is 9.99. The van der Waals surface area contributed by atoms with Crippen LogP contribution in [-0.2, 0) is 19.5 Å². The van der Waals surface area contributed by atoms with Crippen LogP contribution in [0.2, 0.25) is 0 Å². The minimum Gasteiger partial charge on any atom is -0.486 e. The molecule has 3 aromatic rings. The van der Waals surface area contributed by atoms with Crippen LogP contribution in [-0.4, -0.2) is 36.8 Å². The number of nitrogens with one attached hydrogen (secondary N) is 1. The second-order valence-corrected chi connectivity index (χ2v) is 8.03. The summed E-state index contributed by atoms with van der Waals surface area (Å²) in [6, 6.07) is 21.9. The van der Waals surface area contributed by atoms with Crippen LogP contribution in [0.1, 0.15) is 32.6 Å². The number of ether oxygens (including phenoxy) is 2. The van der Waals surface area contributed by atoms with Gasteiger partial charge in [-0.15, -0.1) is 0 Å². The first-order valence-electron chi connectivity index (χ1n) is 10.9. The molecule has 6 heteroatoms. The second kappa shape index (κ2) is 9.24. The van der Waals surface area contributed by atoms with Crippen LogP contribution in [0, 0.1) is 0 Å². The molecule has 0 saturated heterocycles. The van der Waals surface area contributed by atoms with Crippen LogP contribution >= 0.6 is 0 Å². The Morgan fingerprint density at radius 3 is 2.59 bits per heavy atom. The van der Waals surface area contributed by atoms with E-state index in [0.29, 0.717) is 24.5 Å². The Morgan fingerprint density at radius 1 is 0.969 bits per heavy atom. The van der Waals surface area contributed by atoms with Crippen LogP contribution in [0.25, 0.3) is 0 Å². The summed E-state index contributed by atoms with van der Waals surface area (Å²) in [5, 5.41) is 4.08. The largest absolute Gasteiger partial charge is 0.486 e. The van der Waals surface area contributed by atoms with Gasteiger partial charge in [0.15, 0.2) is 11.5 Å². The third-order valence-electron chi connectivity index (χ3n) is 5.78. The van der Waals surface area contributed by atoms with Crippen LogP contribution in [0.4, 0.5) is 0 Å². The lowest BCUT2D eigenvalue weighted by Gasteiger charge is -2.28. The highest BCUT2D eigenvalue weighted by Crippen LogP contribution is 2.30. The SMILES string of the molecule is O=C(N/N=C/c1ccc2c(c1)OCCO2)c1ccc(CN2CCc3ccccc3C2)cc1. The van der Waals surface area contributed by atoms with Gasteiger partial charge in [0.05, 0.1) is 6.21 Å². The Hall–Kier alpha value is -3.64. The number of rotatable bonds is 5. The van der Waals surface area contributed by atoms with E-state index in [-0.39, 0.29) is 5.91 Å². The van der Waals surface area contributed by atoms with E-state index in [1.807, 2.05) is 42.5 Å². The first-order valence-corrected chi connectivity index (χ1v) is 10.9. The first kappa shape index (κ1) is 20.3. The summed E-state index contributed by atoms with van der Waals surface area (Å²) >= 11 is 0. The Bertz CT molecular complexity index is 1140. The van der Waals surface area contributed by atoms with E-state index in [0.717, 1.165) is 37.4 Å². The number of carbonyl (C=O) groups excluding carboxylic acids is 1. The molecule has 0 radical (unpaired) electrons. The predicted molar refractivity (Wildman–Crippen MR) is 123 cm³/mol. The maximum atomic E-state index is 12.4. The zero-order valence-corrected chi connectivity index (χ0v) is 17.8. The smallest absolute Gasteiger partial charge is 0.271 e. The fourth-order valence-corrected chi connectivity index (χ4v) is 4.08. The molecule has 2 aliphatic rings. The molecular formula is C26H25N3O3. The van der Waals surface area contributed by atoms with Crippen LogP contribution < -0.4 is 14.9 Å². The Morgan fingerprint density at radius 2 is 1.75 bits per heavy atom. The molecule has 5 rings (SSSR count). The number of hydrazone groups is 1. The lowest BCUT2D eigenvalue weighted by molar-refractivity contribution is 0.0955. The zero-order chi connectivity index (χ0) is 21.8. The van der Waals surface area contributed by atoms with Gasteiger partial charge in [-0.05, 0) is 59.0 Å². The van der Waals surface area contributed by atoms with E-state index >= 15 is 0 Å². The monoisotopic (exact) mass is 427 g/mol. The topological polar surface area (TPSA) is 63.2 Å². The van der Waals surface area contributed by atoms with E-state index < -0.39 is 0 Å². The molecule has 3 aromatic carbocycles. The van der Waals surface area contributed by atoms with Gasteiger partial charge in [-0.25, -0.2) is 5.43 Å². The van der Waals surface area contributed by atoms with Crippen molar-refractivity contribution in [2.45, 2.75) is 19.5 Å². The molecule has 32 heavy (non-hydrogen) atoms. The molecule has 0 spiro atoms. The average Bonchev–Trinajstić information content (AvgIpc) is 2.84. The number of amides is 1. The number of hydrogen-bond donors (Lipinski definition) is 1. The molecular weight excluding hydrogens is 402 g/mol. The zero-order valence-electron chi connectivity index (χ0n) is 17.8. The highest BCUT2D eigenvalue weighted by Gasteiger charge is 2.16. The number of benzene rings is 3. The summed E-state index contributed by atoms with van der Waals surface area (Å²) in [5.41, 5.74) is 8.05. The van der Waals surface area contributed by atoms with Gasteiger partial charge in [0.1, 0.15) is 13.2 Å². The van der Waals surface area contributed by atoms with Crippen LogP contribution in [0.3, 0.4) is 0 Å². The molecule has 0 unspecified atom stereocenters. The van der Waals surface area contributed by atoms with Crippen molar-refractivity contribution in [2.75, 3.05) is 19.8 Å². The second-order valence-electron chi connectivity index (χ2n) is 8.03. The molecule has 0 bridgehead atoms. The molecule has 1 amide bonds. The van der Waals surface area contributed by atoms with E-state index in [2.05, 4.69) is 39.7 Å². The summed E-state index contributed by atoms with van der Waals surface area (Å²) in [7, 11) is 0. The number of nitrogens with zero attached hydrogens (tertiary/aromatic N) is 2. The molecule has 0 saturated carbocycles. The summed E-state index contributed by atoms with van der Waals surface area (Å²) < 4.78 is 11.1. The number of carbonyl (C=O) groups is 1. The Kier molecular flexibility index (Phi) is 5.85. The van der Waals surface area contributed by atoms with E-state index in [9.17, 15) is 4.79 Å². The van der Waals surface area contributed by atoms with Gasteiger partial charge in [-0.3, -0.25) is 9.69 Å². The Balaban J connectivity index is 1.15. The molecule has 0 atom stereocenters. The van der Waals surface area contributed by atoms with Gasteiger partial charge < -0.3 is 9.47 Å². The van der Waals surface area contributed by atoms with Gasteiger partial charge in [-0.2, -0.15) is 5.10 Å². The van der Waals surface area contributed by atoms with Crippen LogP contribution in [0.15, 0.2) is 71.8 Å². The molecule has 2 aliphatic heterocycles. The number of hydrogen-bond acceptors (Lipinski definition) is 5. The van der Waals surface area contributed by atoms with E-state index in [1.54, 1.807) is 6.21 Å². The third-order valence-corrected chi connectivity index (χ3v) is 5.78. The van der Waals surface area contributed by atoms with Crippen molar-refractivity contribution in [1.29, 1.82) is 0 Å². The molecule has 1 N–H and O–H groups in total. The Labute approximate surface area is 187 Å². The van der Waals surface area contributed by atoms with Crippen molar-refractivity contribution in [3.63, 3.8) is 0 Å². The van der Waals surface area contributed by atoms with Crippen molar-refractivity contribution in [2.24, 2.45) is 5.10 Å². The van der Waals surface area contributed by atoms with E-state index in [1.165, 1.54) is 16.7 Å². The van der Waals surface area contributed by atoms with Gasteiger partial charge in [0, 0.05) is 25.2 Å². The highest BCUT2D eigenvalue weighted by atomic mass is 16.6. The summed E-state index contributed by atoms with van der Waals surface area (Å²) in [5.74, 6) is 1.18. The van der Waals surface area contributed by atoms with Crippen molar-refractivity contribution < 1.29 is 14.3 Å². The van der Waals surface area contributed by atoms with Crippen molar-refractivity contribution in [3.05, 3.63) is 94.5 Å². The number of fused-ring (bicyclic) bond motifs is 2. The van der Waals surface area contributed by atoms with Gasteiger partial charge in [0.2, 0.25) is 0 Å². The molecule has 162 valence electrons. The standard InChI is InChI=1S/C26H25N3O3/c30-26(28-27-16-20-7-10-24-25(15-20)32-14-13-31-24)22-8-5-19(6-9-22)17-29-12-11-21-3-1-2-4-23(21)18-29/h1-10,15-16H,11-14,17-18H2,(H,28,30)/b27-16+. The third kappa shape index (κ3) is 4.65. The predicted octanol–water partition coefficient (Wildman–Crippen LogP) is 3.78. The molecule has 6 nitrogen and oxygen atoms in total. The minimum atomic E-state index is -0.239. The highest BCUT2D eigenvalue weighted by molar-refractivity contribution is 5.95. The van der Waals surface area contributed by atoms with Gasteiger partial charge >= 0.3 is 0 Å². The maximum Gasteiger partial charge on any atom is 0.271 e. The molecule has 0 aliphatic carbocycles. The normalized spacial score (nSPS) is 15.4. The molecule has 0 fully saturated rings. The fourth-order valence-electron chi connectivity index (χ4n) is 4.08. The summed E-state index contributed by atoms with van der Waals surface area (Å²) in [4.78, 5) is 14.9. The maximum absolute atomic E-state index is 12.4. The minimum absolute atomic E-state index is 0.239.